The molecule has 1 aromatic carbocycles. The van der Waals surface area contributed by atoms with Gasteiger partial charge in [0.05, 0.1) is 12.7 Å². The molecule has 14 heavy (non-hydrogen) atoms. The van der Waals surface area contributed by atoms with E-state index in [1.54, 1.807) is 7.11 Å². The first-order chi connectivity index (χ1) is 6.81. The average Bonchev–Trinajstić information content (AvgIpc) is 2.65. The SMILES string of the molecule is COc1ccccc1-c1nc(I)ns1. The minimum atomic E-state index is 0.772. The smallest absolute Gasteiger partial charge is 0.203 e. The van der Waals surface area contributed by atoms with E-state index in [1.165, 1.54) is 11.5 Å². The molecule has 0 bridgehead atoms. The van der Waals surface area contributed by atoms with Crippen LogP contribution in [0, 0.1) is 3.83 Å². The molecule has 0 radical (unpaired) electrons. The van der Waals surface area contributed by atoms with Crippen LogP contribution < -0.4 is 4.74 Å². The van der Waals surface area contributed by atoms with Crippen molar-refractivity contribution in [3.8, 4) is 16.3 Å². The highest BCUT2D eigenvalue weighted by Crippen LogP contribution is 2.30. The largest absolute Gasteiger partial charge is 0.496 e. The van der Waals surface area contributed by atoms with Crippen molar-refractivity contribution in [2.24, 2.45) is 0 Å². The van der Waals surface area contributed by atoms with Crippen molar-refractivity contribution in [1.82, 2.24) is 9.36 Å². The van der Waals surface area contributed by atoms with Crippen LogP contribution in [0.25, 0.3) is 10.6 Å². The molecule has 0 saturated carbocycles. The number of nitrogens with zero attached hydrogens (tertiary/aromatic N) is 2. The number of methoxy groups -OCH3 is 1. The lowest BCUT2D eigenvalue weighted by Gasteiger charge is -2.03. The number of hydrogen-bond donors (Lipinski definition) is 0. The van der Waals surface area contributed by atoms with E-state index >= 15 is 0 Å². The molecule has 0 aliphatic rings. The van der Waals surface area contributed by atoms with Crippen LogP contribution >= 0.6 is 34.1 Å². The van der Waals surface area contributed by atoms with E-state index in [0.717, 1.165) is 20.2 Å². The summed E-state index contributed by atoms with van der Waals surface area (Å²) in [6.45, 7) is 0. The maximum Gasteiger partial charge on any atom is 0.203 e. The summed E-state index contributed by atoms with van der Waals surface area (Å²) in [5.74, 6) is 0.833. The minimum Gasteiger partial charge on any atom is -0.496 e. The Kier molecular flexibility index (Phi) is 2.97. The van der Waals surface area contributed by atoms with Crippen molar-refractivity contribution in [2.45, 2.75) is 0 Å². The van der Waals surface area contributed by atoms with Gasteiger partial charge in [0.15, 0.2) is 0 Å². The first kappa shape index (κ1) is 9.85. The van der Waals surface area contributed by atoms with Crippen LogP contribution in [0.3, 0.4) is 0 Å². The van der Waals surface area contributed by atoms with Crippen molar-refractivity contribution < 1.29 is 4.74 Å². The summed E-state index contributed by atoms with van der Waals surface area (Å²) < 4.78 is 10.1. The highest BCUT2D eigenvalue weighted by atomic mass is 127. The summed E-state index contributed by atoms with van der Waals surface area (Å²) in [6, 6.07) is 7.81. The van der Waals surface area contributed by atoms with Gasteiger partial charge in [0.2, 0.25) is 3.83 Å². The van der Waals surface area contributed by atoms with Crippen molar-refractivity contribution in [2.75, 3.05) is 7.11 Å². The van der Waals surface area contributed by atoms with Crippen LogP contribution in [0.2, 0.25) is 0 Å². The first-order valence-electron chi connectivity index (χ1n) is 3.94. The zero-order valence-electron chi connectivity index (χ0n) is 7.40. The Labute approximate surface area is 99.4 Å². The zero-order valence-corrected chi connectivity index (χ0v) is 10.4. The average molecular weight is 318 g/mol. The molecule has 0 atom stereocenters. The normalized spacial score (nSPS) is 10.1. The standard InChI is InChI=1S/C9H7IN2OS/c1-13-7-5-3-2-4-6(7)8-11-9(10)12-14-8/h2-5H,1H3. The predicted octanol–water partition coefficient (Wildman–Crippen LogP) is 2.82. The predicted molar refractivity (Wildman–Crippen MR) is 64.6 cm³/mol. The highest BCUT2D eigenvalue weighted by molar-refractivity contribution is 14.1. The number of halogens is 1. The van der Waals surface area contributed by atoms with Crippen LogP contribution in [0.15, 0.2) is 24.3 Å². The molecule has 0 N–H and O–H groups in total. The van der Waals surface area contributed by atoms with Gasteiger partial charge in [-0.15, -0.1) is 0 Å². The fraction of sp³-hybridized carbons (Fsp3) is 0.111. The van der Waals surface area contributed by atoms with Gasteiger partial charge in [0.25, 0.3) is 0 Å². The van der Waals surface area contributed by atoms with Crippen LogP contribution in [0.5, 0.6) is 5.75 Å². The van der Waals surface area contributed by atoms with E-state index in [-0.39, 0.29) is 0 Å². The van der Waals surface area contributed by atoms with Gasteiger partial charge in [0.1, 0.15) is 10.8 Å². The van der Waals surface area contributed by atoms with Crippen LogP contribution in [0.1, 0.15) is 0 Å². The Balaban J connectivity index is 2.50. The molecule has 2 rings (SSSR count). The fourth-order valence-electron chi connectivity index (χ4n) is 1.14. The third-order valence-corrected chi connectivity index (χ3v) is 3.30. The molecule has 0 unspecified atom stereocenters. The van der Waals surface area contributed by atoms with Crippen molar-refractivity contribution >= 4 is 34.1 Å². The number of rotatable bonds is 2. The lowest BCUT2D eigenvalue weighted by molar-refractivity contribution is 0.416. The van der Waals surface area contributed by atoms with Gasteiger partial charge in [-0.05, 0) is 23.7 Å². The molecule has 3 nitrogen and oxygen atoms in total. The second-order valence-electron chi connectivity index (χ2n) is 2.57. The summed E-state index contributed by atoms with van der Waals surface area (Å²) in [6.07, 6.45) is 0. The first-order valence-corrected chi connectivity index (χ1v) is 5.79. The molecule has 1 heterocycles. The number of aromatic nitrogens is 2. The Hall–Kier alpha value is -0.690. The third kappa shape index (κ3) is 1.88. The quantitative estimate of drug-likeness (QED) is 0.799. The van der Waals surface area contributed by atoms with E-state index in [2.05, 4.69) is 31.9 Å². The second kappa shape index (κ2) is 4.22. The van der Waals surface area contributed by atoms with Crippen LogP contribution in [-0.2, 0) is 0 Å². The lowest BCUT2D eigenvalue weighted by atomic mass is 10.2. The van der Waals surface area contributed by atoms with E-state index in [0.29, 0.717) is 0 Å². The van der Waals surface area contributed by atoms with Gasteiger partial charge in [-0.2, -0.15) is 4.37 Å². The summed E-state index contributed by atoms with van der Waals surface area (Å²) in [5, 5.41) is 0.895. The summed E-state index contributed by atoms with van der Waals surface area (Å²) in [5.41, 5.74) is 0.996. The monoisotopic (exact) mass is 318 g/mol. The topological polar surface area (TPSA) is 35.0 Å². The Morgan fingerprint density at radius 3 is 2.79 bits per heavy atom. The van der Waals surface area contributed by atoms with E-state index in [9.17, 15) is 0 Å². The van der Waals surface area contributed by atoms with Crippen molar-refractivity contribution in [1.29, 1.82) is 0 Å². The van der Waals surface area contributed by atoms with Gasteiger partial charge in [-0.1, -0.05) is 12.1 Å². The maximum absolute atomic E-state index is 5.25. The Morgan fingerprint density at radius 2 is 2.14 bits per heavy atom. The molecular weight excluding hydrogens is 311 g/mol. The molecule has 0 saturated heterocycles. The zero-order chi connectivity index (χ0) is 9.97. The Bertz CT molecular complexity index is 444. The molecule has 0 aliphatic carbocycles. The summed E-state index contributed by atoms with van der Waals surface area (Å²) >= 11 is 3.48. The third-order valence-electron chi connectivity index (χ3n) is 1.74. The number of para-hydroxylation sites is 1. The van der Waals surface area contributed by atoms with Gasteiger partial charge >= 0.3 is 0 Å². The van der Waals surface area contributed by atoms with Crippen molar-refractivity contribution in [3.05, 3.63) is 28.1 Å². The van der Waals surface area contributed by atoms with Gasteiger partial charge < -0.3 is 4.74 Å². The van der Waals surface area contributed by atoms with Crippen LogP contribution in [0.4, 0.5) is 0 Å². The fourth-order valence-corrected chi connectivity index (χ4v) is 2.43. The van der Waals surface area contributed by atoms with Crippen molar-refractivity contribution in [3.63, 3.8) is 0 Å². The van der Waals surface area contributed by atoms with Crippen LogP contribution in [-0.4, -0.2) is 16.5 Å². The highest BCUT2D eigenvalue weighted by Gasteiger charge is 2.09. The molecule has 0 aliphatic heterocycles. The Morgan fingerprint density at radius 1 is 1.36 bits per heavy atom. The summed E-state index contributed by atoms with van der Waals surface area (Å²) in [7, 11) is 1.66. The van der Waals surface area contributed by atoms with E-state index in [1.807, 2.05) is 24.3 Å². The number of ether oxygens (including phenoxy) is 1. The van der Waals surface area contributed by atoms with Gasteiger partial charge in [-0.3, -0.25) is 0 Å². The van der Waals surface area contributed by atoms with Gasteiger partial charge in [-0.25, -0.2) is 4.98 Å². The maximum atomic E-state index is 5.25. The molecule has 5 heteroatoms. The van der Waals surface area contributed by atoms with E-state index < -0.39 is 0 Å². The molecule has 1 aromatic heterocycles. The minimum absolute atomic E-state index is 0.772. The second-order valence-corrected chi connectivity index (χ2v) is 4.29. The molecule has 72 valence electrons. The molecule has 0 fully saturated rings. The lowest BCUT2D eigenvalue weighted by Crippen LogP contribution is -1.86. The number of benzene rings is 1. The van der Waals surface area contributed by atoms with E-state index in [4.69, 9.17) is 4.74 Å². The molecule has 2 aromatic rings. The number of hydrogen-bond acceptors (Lipinski definition) is 4. The van der Waals surface area contributed by atoms with Gasteiger partial charge in [0, 0.05) is 22.6 Å². The molecule has 0 spiro atoms. The molecular formula is C9H7IN2OS. The summed E-state index contributed by atoms with van der Waals surface area (Å²) in [4.78, 5) is 4.30. The molecule has 0 amide bonds.